The van der Waals surface area contributed by atoms with Gasteiger partial charge in [-0.2, -0.15) is 0 Å². The van der Waals surface area contributed by atoms with Gasteiger partial charge in [-0.15, -0.1) is 0 Å². The highest BCUT2D eigenvalue weighted by molar-refractivity contribution is 6.31. The molecule has 0 bridgehead atoms. The van der Waals surface area contributed by atoms with E-state index >= 15 is 0 Å². The summed E-state index contributed by atoms with van der Waals surface area (Å²) in [7, 11) is 0. The van der Waals surface area contributed by atoms with E-state index in [1.54, 1.807) is 12.1 Å². The summed E-state index contributed by atoms with van der Waals surface area (Å²) in [6, 6.07) is 12.4. The fourth-order valence-electron chi connectivity index (χ4n) is 2.28. The van der Waals surface area contributed by atoms with E-state index in [4.69, 9.17) is 21.1 Å². The first-order chi connectivity index (χ1) is 11.7. The first-order valence-electron chi connectivity index (χ1n) is 8.14. The van der Waals surface area contributed by atoms with Crippen LogP contribution in [0.2, 0.25) is 5.02 Å². The van der Waals surface area contributed by atoms with Crippen molar-refractivity contribution in [3.63, 3.8) is 0 Å². The van der Waals surface area contributed by atoms with Crippen LogP contribution in [0.15, 0.2) is 42.5 Å². The van der Waals surface area contributed by atoms with Crippen LogP contribution in [0.25, 0.3) is 0 Å². The molecule has 0 aromatic heterocycles. The van der Waals surface area contributed by atoms with Crippen molar-refractivity contribution in [3.8, 4) is 5.75 Å². The van der Waals surface area contributed by atoms with E-state index in [0.29, 0.717) is 17.1 Å². The molecule has 0 fully saturated rings. The third-order valence-corrected chi connectivity index (χ3v) is 3.92. The van der Waals surface area contributed by atoms with Gasteiger partial charge in [-0.05, 0) is 38.1 Å². The second kappa shape index (κ2) is 10.3. The van der Waals surface area contributed by atoms with Crippen LogP contribution in [0, 0.1) is 5.82 Å². The third-order valence-electron chi connectivity index (χ3n) is 3.57. The topological polar surface area (TPSA) is 30.5 Å². The van der Waals surface area contributed by atoms with Crippen molar-refractivity contribution < 1.29 is 13.9 Å². The molecule has 0 saturated carbocycles. The molecule has 0 radical (unpaired) electrons. The number of nitrogens with one attached hydrogen (secondary N) is 1. The van der Waals surface area contributed by atoms with Gasteiger partial charge >= 0.3 is 0 Å². The van der Waals surface area contributed by atoms with Crippen molar-refractivity contribution in [1.82, 2.24) is 5.32 Å². The van der Waals surface area contributed by atoms with Crippen molar-refractivity contribution in [1.29, 1.82) is 0 Å². The molecule has 0 amide bonds. The normalized spacial score (nSPS) is 10.8. The molecule has 2 aromatic carbocycles. The lowest BCUT2D eigenvalue weighted by Crippen LogP contribution is -2.17. The zero-order valence-electron chi connectivity index (χ0n) is 13.9. The molecule has 0 spiro atoms. The van der Waals surface area contributed by atoms with Gasteiger partial charge in [0.05, 0.1) is 5.02 Å². The lowest BCUT2D eigenvalue weighted by atomic mass is 10.2. The Balaban J connectivity index is 1.89. The second-order valence-corrected chi connectivity index (χ2v) is 5.73. The van der Waals surface area contributed by atoms with Crippen LogP contribution >= 0.6 is 11.6 Å². The fourth-order valence-corrected chi connectivity index (χ4v) is 2.50. The molecule has 3 nitrogen and oxygen atoms in total. The number of ether oxygens (including phenoxy) is 2. The molecule has 1 N–H and O–H groups in total. The minimum Gasteiger partial charge on any atom is -0.488 e. The van der Waals surface area contributed by atoms with Crippen LogP contribution in [0.4, 0.5) is 4.39 Å². The lowest BCUT2D eigenvalue weighted by molar-refractivity contribution is 0.144. The average Bonchev–Trinajstić information content (AvgIpc) is 2.58. The smallest absolute Gasteiger partial charge is 0.131 e. The number of para-hydroxylation sites is 1. The Morgan fingerprint density at radius 3 is 2.75 bits per heavy atom. The van der Waals surface area contributed by atoms with E-state index in [0.717, 1.165) is 37.5 Å². The van der Waals surface area contributed by atoms with Gasteiger partial charge in [0.25, 0.3) is 0 Å². The number of halogens is 2. The number of benzene rings is 2. The van der Waals surface area contributed by atoms with E-state index in [-0.39, 0.29) is 12.4 Å². The zero-order valence-corrected chi connectivity index (χ0v) is 14.6. The molecular formula is C19H23ClFNO2. The molecule has 24 heavy (non-hydrogen) atoms. The van der Waals surface area contributed by atoms with Crippen molar-refractivity contribution in [2.75, 3.05) is 19.8 Å². The maximum atomic E-state index is 13.8. The van der Waals surface area contributed by atoms with Crippen molar-refractivity contribution >= 4 is 11.6 Å². The molecule has 5 heteroatoms. The van der Waals surface area contributed by atoms with E-state index in [9.17, 15) is 4.39 Å². The molecule has 0 atom stereocenters. The summed E-state index contributed by atoms with van der Waals surface area (Å²) in [6.07, 6.45) is 0.960. The van der Waals surface area contributed by atoms with Crippen LogP contribution in [0.5, 0.6) is 5.75 Å². The Morgan fingerprint density at radius 2 is 1.96 bits per heavy atom. The largest absolute Gasteiger partial charge is 0.488 e. The highest BCUT2D eigenvalue weighted by atomic mass is 35.5. The highest BCUT2D eigenvalue weighted by Crippen LogP contribution is 2.23. The summed E-state index contributed by atoms with van der Waals surface area (Å²) in [5.74, 6) is 0.378. The summed E-state index contributed by atoms with van der Waals surface area (Å²) in [5, 5.41) is 3.74. The van der Waals surface area contributed by atoms with Crippen LogP contribution in [0.3, 0.4) is 0 Å². The van der Waals surface area contributed by atoms with E-state index in [1.165, 1.54) is 6.07 Å². The van der Waals surface area contributed by atoms with Gasteiger partial charge < -0.3 is 14.8 Å². The molecule has 2 rings (SSSR count). The van der Waals surface area contributed by atoms with Gasteiger partial charge in [0.1, 0.15) is 18.2 Å². The molecule has 2 aromatic rings. The average molecular weight is 352 g/mol. The summed E-state index contributed by atoms with van der Waals surface area (Å²) < 4.78 is 24.9. The summed E-state index contributed by atoms with van der Waals surface area (Å²) >= 11 is 6.04. The monoisotopic (exact) mass is 351 g/mol. The van der Waals surface area contributed by atoms with Gasteiger partial charge in [0.15, 0.2) is 0 Å². The molecule has 0 saturated heterocycles. The van der Waals surface area contributed by atoms with Gasteiger partial charge in [-0.25, -0.2) is 4.39 Å². The molecular weight excluding hydrogens is 329 g/mol. The number of hydrogen-bond donors (Lipinski definition) is 1. The maximum Gasteiger partial charge on any atom is 0.131 e. The fraction of sp³-hybridized carbons (Fsp3) is 0.368. The minimum absolute atomic E-state index is 0.104. The SMILES string of the molecule is CCOCCCNCc1ccccc1OCc1c(F)cccc1Cl. The summed E-state index contributed by atoms with van der Waals surface area (Å²) in [5.41, 5.74) is 1.40. The van der Waals surface area contributed by atoms with E-state index in [2.05, 4.69) is 5.32 Å². The molecule has 0 heterocycles. The maximum absolute atomic E-state index is 13.8. The molecule has 0 aliphatic heterocycles. The van der Waals surface area contributed by atoms with Crippen LogP contribution in [-0.4, -0.2) is 19.8 Å². The molecule has 130 valence electrons. The van der Waals surface area contributed by atoms with E-state index < -0.39 is 0 Å². The standard InChI is InChI=1S/C19H23ClFNO2/c1-2-23-12-6-11-22-13-15-7-3-4-10-19(15)24-14-16-17(20)8-5-9-18(16)21/h3-5,7-10,22H,2,6,11-14H2,1H3. The quantitative estimate of drug-likeness (QED) is 0.636. The predicted molar refractivity (Wildman–Crippen MR) is 95.0 cm³/mol. The highest BCUT2D eigenvalue weighted by Gasteiger charge is 2.09. The van der Waals surface area contributed by atoms with Crippen molar-refractivity contribution in [2.45, 2.75) is 26.5 Å². The number of rotatable bonds is 10. The molecule has 0 aliphatic carbocycles. The van der Waals surface area contributed by atoms with Crippen molar-refractivity contribution in [3.05, 3.63) is 64.4 Å². The van der Waals surface area contributed by atoms with Gasteiger partial charge in [-0.3, -0.25) is 0 Å². The molecule has 0 unspecified atom stereocenters. The van der Waals surface area contributed by atoms with E-state index in [1.807, 2.05) is 31.2 Å². The summed E-state index contributed by atoms with van der Waals surface area (Å²) in [4.78, 5) is 0. The van der Waals surface area contributed by atoms with Crippen LogP contribution in [-0.2, 0) is 17.9 Å². The van der Waals surface area contributed by atoms with Gasteiger partial charge in [-0.1, -0.05) is 35.9 Å². The Hall–Kier alpha value is -1.62. The Morgan fingerprint density at radius 1 is 1.12 bits per heavy atom. The number of hydrogen-bond acceptors (Lipinski definition) is 3. The van der Waals surface area contributed by atoms with Gasteiger partial charge in [0, 0.05) is 30.9 Å². The predicted octanol–water partition coefficient (Wildman–Crippen LogP) is 4.57. The first kappa shape index (κ1) is 18.7. The van der Waals surface area contributed by atoms with Crippen molar-refractivity contribution in [2.24, 2.45) is 0 Å². The first-order valence-corrected chi connectivity index (χ1v) is 8.52. The Kier molecular flexibility index (Phi) is 8.02. The van der Waals surface area contributed by atoms with Crippen LogP contribution < -0.4 is 10.1 Å². The molecule has 0 aliphatic rings. The lowest BCUT2D eigenvalue weighted by Gasteiger charge is -2.13. The second-order valence-electron chi connectivity index (χ2n) is 5.32. The minimum atomic E-state index is -0.353. The third kappa shape index (κ3) is 5.78. The Labute approximate surface area is 147 Å². The zero-order chi connectivity index (χ0) is 17.2. The summed E-state index contributed by atoms with van der Waals surface area (Å²) in [6.45, 7) is 5.15. The van der Waals surface area contributed by atoms with Gasteiger partial charge in [0.2, 0.25) is 0 Å². The Bertz CT molecular complexity index is 616. The van der Waals surface area contributed by atoms with Crippen LogP contribution in [0.1, 0.15) is 24.5 Å².